The fraction of sp³-hybridized carbons (Fsp3) is 0.480. The molecule has 2 nitrogen and oxygen atoms in total. The van der Waals surface area contributed by atoms with Crippen LogP contribution in [0.5, 0.6) is 0 Å². The van der Waals surface area contributed by atoms with Crippen molar-refractivity contribution >= 4 is 37.4 Å². The summed E-state index contributed by atoms with van der Waals surface area (Å²) in [6, 6.07) is 13.3. The molecule has 0 atom stereocenters. The number of ether oxygens (including phenoxy) is 1. The second-order valence-corrected chi connectivity index (χ2v) is 17.3. The average molecular weight is 522 g/mol. The van der Waals surface area contributed by atoms with E-state index in [0.29, 0.717) is 5.78 Å². The molecule has 1 saturated heterocycles. The Labute approximate surface area is 186 Å². The Morgan fingerprint density at radius 1 is 1.07 bits per heavy atom. The molecule has 0 aromatic heterocycles. The van der Waals surface area contributed by atoms with E-state index in [1.165, 1.54) is 27.8 Å². The molecule has 0 bridgehead atoms. The fourth-order valence-corrected chi connectivity index (χ4v) is 11.1. The zero-order chi connectivity index (χ0) is 20.8. The van der Waals surface area contributed by atoms with Crippen LogP contribution in [0.3, 0.4) is 0 Å². The van der Waals surface area contributed by atoms with Gasteiger partial charge in [-0.2, -0.15) is 0 Å². The summed E-state index contributed by atoms with van der Waals surface area (Å²) in [7, 11) is 0. The zero-order valence-corrected chi connectivity index (χ0v) is 21.1. The van der Waals surface area contributed by atoms with E-state index in [4.69, 9.17) is 4.74 Å². The first-order valence-corrected chi connectivity index (χ1v) is 15.8. The van der Waals surface area contributed by atoms with Gasteiger partial charge in [-0.1, -0.05) is 0 Å². The number of thioether (sulfide) groups is 1. The van der Waals surface area contributed by atoms with Gasteiger partial charge in [0.2, 0.25) is 0 Å². The number of benzene rings is 2. The van der Waals surface area contributed by atoms with Crippen LogP contribution in [-0.4, -0.2) is 37.5 Å². The van der Waals surface area contributed by atoms with E-state index in [0.717, 1.165) is 33.4 Å². The summed E-state index contributed by atoms with van der Waals surface area (Å²) in [6.45, 7) is 10.7. The molecule has 0 saturated carbocycles. The van der Waals surface area contributed by atoms with Crippen molar-refractivity contribution in [2.75, 3.05) is 28.3 Å². The van der Waals surface area contributed by atoms with Gasteiger partial charge in [-0.3, -0.25) is 0 Å². The summed E-state index contributed by atoms with van der Waals surface area (Å²) in [6.07, 6.45) is 2.15. The minimum atomic E-state index is -1.37. The summed E-state index contributed by atoms with van der Waals surface area (Å²) in [5, 5.41) is 0. The maximum absolute atomic E-state index is 13.6. The number of fused-ring (bicyclic) bond motifs is 3. The molecule has 4 heteroatoms. The standard InChI is InChI=1S/C25H31IO2S/c1-24(2)21-14-17(16-29-5)6-8-19(21)20-9-7-18(15-22(20)24)23(27)25(3,4)26-10-12-28-13-11-26/h6-9,14-15H,10-13,16H2,1-5H3. The molecule has 0 unspecified atom stereocenters. The van der Waals surface area contributed by atoms with E-state index in [1.807, 2.05) is 11.8 Å². The first kappa shape index (κ1) is 21.4. The molecule has 1 heterocycles. The van der Waals surface area contributed by atoms with Crippen LogP contribution in [0, 0.1) is 0 Å². The Bertz CT molecular complexity index is 942. The zero-order valence-electron chi connectivity index (χ0n) is 18.1. The van der Waals surface area contributed by atoms with Gasteiger partial charge < -0.3 is 0 Å². The second kappa shape index (κ2) is 8.01. The molecule has 2 aliphatic rings. The molecular formula is C25H31IO2S. The molecule has 156 valence electrons. The molecule has 29 heavy (non-hydrogen) atoms. The van der Waals surface area contributed by atoms with Crippen molar-refractivity contribution in [2.45, 2.75) is 42.3 Å². The first-order chi connectivity index (χ1) is 13.8. The average Bonchev–Trinajstić information content (AvgIpc) is 2.95. The van der Waals surface area contributed by atoms with E-state index in [2.05, 4.69) is 70.3 Å². The van der Waals surface area contributed by atoms with Crippen LogP contribution in [0.1, 0.15) is 54.7 Å². The van der Waals surface area contributed by atoms with Gasteiger partial charge in [0.15, 0.2) is 0 Å². The van der Waals surface area contributed by atoms with Crippen LogP contribution in [0.15, 0.2) is 36.4 Å². The van der Waals surface area contributed by atoms with Crippen molar-refractivity contribution in [3.8, 4) is 11.1 Å². The Hall–Kier alpha value is -0.850. The number of ketones is 1. The topological polar surface area (TPSA) is 26.3 Å². The Morgan fingerprint density at radius 2 is 1.69 bits per heavy atom. The third-order valence-electron chi connectivity index (χ3n) is 6.42. The molecule has 1 aliphatic heterocycles. The number of carbonyl (C=O) groups excluding carboxylic acids is 1. The monoisotopic (exact) mass is 522 g/mol. The number of Topliss-reactive ketones (excluding diaryl/α,β-unsaturated/α-hetero) is 1. The molecule has 0 amide bonds. The molecule has 1 aliphatic carbocycles. The molecule has 0 N–H and O–H groups in total. The van der Waals surface area contributed by atoms with Gasteiger partial charge in [0.1, 0.15) is 0 Å². The van der Waals surface area contributed by atoms with Crippen LogP contribution in [0.25, 0.3) is 11.1 Å². The third kappa shape index (κ3) is 3.70. The summed E-state index contributed by atoms with van der Waals surface area (Å²) in [4.78, 5) is 13.6. The van der Waals surface area contributed by atoms with Gasteiger partial charge in [0.25, 0.3) is 0 Å². The predicted octanol–water partition coefficient (Wildman–Crippen LogP) is 6.35. The summed E-state index contributed by atoms with van der Waals surface area (Å²) < 4.78 is 7.61. The van der Waals surface area contributed by atoms with Crippen molar-refractivity contribution in [1.29, 1.82) is 0 Å². The number of halogens is 1. The van der Waals surface area contributed by atoms with Gasteiger partial charge in [0, 0.05) is 0 Å². The van der Waals surface area contributed by atoms with Gasteiger partial charge in [0.05, 0.1) is 0 Å². The molecule has 0 spiro atoms. The predicted molar refractivity (Wildman–Crippen MR) is 134 cm³/mol. The van der Waals surface area contributed by atoms with Crippen molar-refractivity contribution < 1.29 is 9.53 Å². The van der Waals surface area contributed by atoms with Crippen molar-refractivity contribution in [3.05, 3.63) is 58.7 Å². The van der Waals surface area contributed by atoms with Crippen LogP contribution in [0.4, 0.5) is 0 Å². The first-order valence-electron chi connectivity index (χ1n) is 10.3. The fourth-order valence-electron chi connectivity index (χ4n) is 4.61. The normalized spacial score (nSPS) is 19.0. The van der Waals surface area contributed by atoms with Gasteiger partial charge >= 0.3 is 187 Å². The Morgan fingerprint density at radius 3 is 2.34 bits per heavy atom. The summed E-state index contributed by atoms with van der Waals surface area (Å²) >= 11 is 0.490. The summed E-state index contributed by atoms with van der Waals surface area (Å²) in [5.74, 6) is 1.37. The van der Waals surface area contributed by atoms with E-state index >= 15 is 0 Å². The number of alkyl halides is 3. The SMILES string of the molecule is CSCc1ccc2c(c1)C(C)(C)c1cc(C(=O)C(C)(C)I3CCOCC3)ccc1-2. The molecule has 4 rings (SSSR count). The van der Waals surface area contributed by atoms with E-state index in [-0.39, 0.29) is 8.84 Å². The Balaban J connectivity index is 1.70. The van der Waals surface area contributed by atoms with Crippen LogP contribution < -0.4 is 0 Å². The van der Waals surface area contributed by atoms with Crippen molar-refractivity contribution in [1.82, 2.24) is 0 Å². The second-order valence-electron chi connectivity index (χ2n) is 8.95. The minimum absolute atomic E-state index is 0.0723. The van der Waals surface area contributed by atoms with Crippen LogP contribution in [0.2, 0.25) is 0 Å². The van der Waals surface area contributed by atoms with Gasteiger partial charge in [-0.25, -0.2) is 0 Å². The van der Waals surface area contributed by atoms with E-state index in [1.54, 1.807) is 0 Å². The van der Waals surface area contributed by atoms with Crippen molar-refractivity contribution in [3.63, 3.8) is 0 Å². The summed E-state index contributed by atoms with van der Waals surface area (Å²) in [5.41, 5.74) is 7.50. The molecular weight excluding hydrogens is 491 g/mol. The molecule has 0 radical (unpaired) electrons. The molecule has 2 aromatic carbocycles. The number of rotatable bonds is 5. The van der Waals surface area contributed by atoms with Crippen LogP contribution >= 0.6 is 31.6 Å². The van der Waals surface area contributed by atoms with Crippen LogP contribution in [-0.2, 0) is 15.9 Å². The Kier molecular flexibility index (Phi) is 5.91. The number of carbonyl (C=O) groups is 1. The molecule has 1 fully saturated rings. The van der Waals surface area contributed by atoms with Gasteiger partial charge in [-0.15, -0.1) is 0 Å². The van der Waals surface area contributed by atoms with Gasteiger partial charge in [-0.05, 0) is 0 Å². The van der Waals surface area contributed by atoms with E-state index in [9.17, 15) is 4.79 Å². The number of hydrogen-bond donors (Lipinski definition) is 0. The number of hydrogen-bond acceptors (Lipinski definition) is 3. The maximum atomic E-state index is 13.6. The molecule has 2 aromatic rings. The van der Waals surface area contributed by atoms with E-state index < -0.39 is 19.8 Å². The third-order valence-corrected chi connectivity index (χ3v) is 14.8. The quantitative estimate of drug-likeness (QED) is 0.260. The van der Waals surface area contributed by atoms with Crippen molar-refractivity contribution in [2.24, 2.45) is 0 Å².